The van der Waals surface area contributed by atoms with E-state index in [1.807, 2.05) is 6.92 Å². The summed E-state index contributed by atoms with van der Waals surface area (Å²) < 4.78 is 16.2. The number of nitrogens with zero attached hydrogens (tertiary/aromatic N) is 4. The number of benzene rings is 1. The summed E-state index contributed by atoms with van der Waals surface area (Å²) in [5, 5.41) is 0. The topological polar surface area (TPSA) is 76.6 Å². The Morgan fingerprint density at radius 2 is 2.03 bits per heavy atom. The van der Waals surface area contributed by atoms with Crippen molar-refractivity contribution in [3.8, 4) is 5.69 Å². The van der Waals surface area contributed by atoms with Crippen molar-refractivity contribution in [2.75, 3.05) is 6.54 Å². The number of amides is 1. The Morgan fingerprint density at radius 3 is 2.65 bits per heavy atom. The Bertz CT molecular complexity index is 1100. The summed E-state index contributed by atoms with van der Waals surface area (Å²) in [5.74, 6) is -1.41. The second kappa shape index (κ2) is 10.3. The molecule has 1 aromatic heterocycles. The van der Waals surface area contributed by atoms with E-state index in [0.29, 0.717) is 25.1 Å². The van der Waals surface area contributed by atoms with Gasteiger partial charge in [-0.3, -0.25) is 14.4 Å². The Balaban J connectivity index is 1.46. The third-order valence-electron chi connectivity index (χ3n) is 6.96. The molecule has 1 aromatic carbocycles. The zero-order valence-electron chi connectivity index (χ0n) is 19.3. The minimum atomic E-state index is -0.534. The van der Waals surface area contributed by atoms with Crippen LogP contribution in [0.1, 0.15) is 62.2 Å². The van der Waals surface area contributed by atoms with Crippen molar-refractivity contribution in [1.29, 1.82) is 0 Å². The number of hydrogen-bond acceptors (Lipinski definition) is 4. The van der Waals surface area contributed by atoms with E-state index in [4.69, 9.17) is 6.57 Å². The smallest absolute Gasteiger partial charge is 0.230 e. The van der Waals surface area contributed by atoms with Crippen LogP contribution >= 0.6 is 0 Å². The lowest BCUT2D eigenvalue weighted by Gasteiger charge is -2.28. The lowest BCUT2D eigenvalue weighted by atomic mass is 9.91. The van der Waals surface area contributed by atoms with Crippen LogP contribution in [0.4, 0.5) is 4.39 Å². The predicted molar refractivity (Wildman–Crippen MR) is 124 cm³/mol. The van der Waals surface area contributed by atoms with Crippen molar-refractivity contribution in [3.63, 3.8) is 0 Å². The SMILES string of the molecule is [C-]#[N+]C(CC)CC(=O)C1CCCN1C(=O)C(CC(=O)c1ccc(-n2ccnc2)c(F)c1)C1CC1. The van der Waals surface area contributed by atoms with E-state index in [1.165, 1.54) is 23.0 Å². The summed E-state index contributed by atoms with van der Waals surface area (Å²) in [7, 11) is 0. The summed E-state index contributed by atoms with van der Waals surface area (Å²) >= 11 is 0. The molecule has 2 fully saturated rings. The lowest BCUT2D eigenvalue weighted by molar-refractivity contribution is -0.141. The van der Waals surface area contributed by atoms with Gasteiger partial charge >= 0.3 is 0 Å². The molecule has 1 aliphatic carbocycles. The number of halogens is 1. The fraction of sp³-hybridized carbons (Fsp3) is 0.500. The van der Waals surface area contributed by atoms with Crippen LogP contribution in [0, 0.1) is 24.2 Å². The highest BCUT2D eigenvalue weighted by molar-refractivity contribution is 5.99. The highest BCUT2D eigenvalue weighted by atomic mass is 19.1. The van der Waals surface area contributed by atoms with Gasteiger partial charge in [-0.15, -0.1) is 0 Å². The molecular weight excluding hydrogens is 435 g/mol. The van der Waals surface area contributed by atoms with Crippen LogP contribution in [0.2, 0.25) is 0 Å². The first-order chi connectivity index (χ1) is 16.4. The van der Waals surface area contributed by atoms with Crippen molar-refractivity contribution in [3.05, 3.63) is 59.7 Å². The molecule has 4 rings (SSSR count). The van der Waals surface area contributed by atoms with E-state index in [1.54, 1.807) is 23.4 Å². The van der Waals surface area contributed by atoms with Crippen LogP contribution in [-0.4, -0.2) is 50.6 Å². The van der Waals surface area contributed by atoms with Crippen molar-refractivity contribution in [1.82, 2.24) is 14.5 Å². The van der Waals surface area contributed by atoms with E-state index in [9.17, 15) is 18.8 Å². The van der Waals surface area contributed by atoms with E-state index in [2.05, 4.69) is 9.83 Å². The maximum Gasteiger partial charge on any atom is 0.230 e. The van der Waals surface area contributed by atoms with Crippen molar-refractivity contribution in [2.45, 2.75) is 64.0 Å². The van der Waals surface area contributed by atoms with Crippen LogP contribution in [0.15, 0.2) is 36.9 Å². The number of carbonyl (C=O) groups excluding carboxylic acids is 3. The monoisotopic (exact) mass is 464 g/mol. The molecule has 0 radical (unpaired) electrons. The first kappa shape index (κ1) is 23.8. The highest BCUT2D eigenvalue weighted by Gasteiger charge is 2.44. The molecule has 2 aromatic rings. The van der Waals surface area contributed by atoms with E-state index in [0.717, 1.165) is 19.3 Å². The van der Waals surface area contributed by atoms with Gasteiger partial charge in [0.15, 0.2) is 11.6 Å². The molecule has 34 heavy (non-hydrogen) atoms. The first-order valence-corrected chi connectivity index (χ1v) is 11.9. The van der Waals surface area contributed by atoms with Gasteiger partial charge in [0.2, 0.25) is 11.9 Å². The van der Waals surface area contributed by atoms with Gasteiger partial charge in [-0.05, 0) is 49.8 Å². The van der Waals surface area contributed by atoms with Gasteiger partial charge in [-0.2, -0.15) is 0 Å². The molecule has 8 heteroatoms. The van der Waals surface area contributed by atoms with E-state index < -0.39 is 17.8 Å². The maximum absolute atomic E-state index is 14.7. The van der Waals surface area contributed by atoms with E-state index in [-0.39, 0.29) is 47.8 Å². The number of likely N-dealkylation sites (tertiary alicyclic amines) is 1. The predicted octanol–water partition coefficient (Wildman–Crippen LogP) is 4.26. The molecule has 0 bridgehead atoms. The fourth-order valence-corrected chi connectivity index (χ4v) is 4.79. The fourth-order valence-electron chi connectivity index (χ4n) is 4.79. The molecule has 1 saturated heterocycles. The van der Waals surface area contributed by atoms with Crippen molar-refractivity contribution >= 4 is 17.5 Å². The van der Waals surface area contributed by atoms with Gasteiger partial charge in [-0.1, -0.05) is 6.92 Å². The van der Waals surface area contributed by atoms with Crippen LogP contribution in [0.5, 0.6) is 0 Å². The average Bonchev–Trinajstić information content (AvgIpc) is 3.31. The Hall–Kier alpha value is -3.34. The largest absolute Gasteiger partial charge is 0.332 e. The summed E-state index contributed by atoms with van der Waals surface area (Å²) in [4.78, 5) is 48.4. The number of carbonyl (C=O) groups is 3. The highest BCUT2D eigenvalue weighted by Crippen LogP contribution is 2.41. The summed E-state index contributed by atoms with van der Waals surface area (Å²) in [6.07, 6.45) is 8.50. The summed E-state index contributed by atoms with van der Waals surface area (Å²) in [6.45, 7) is 9.62. The van der Waals surface area contributed by atoms with Crippen LogP contribution in [0.25, 0.3) is 10.5 Å². The third kappa shape index (κ3) is 5.09. The zero-order chi connectivity index (χ0) is 24.2. The van der Waals surface area contributed by atoms with Crippen LogP contribution in [0.3, 0.4) is 0 Å². The summed E-state index contributed by atoms with van der Waals surface area (Å²) in [5.41, 5.74) is 0.531. The lowest BCUT2D eigenvalue weighted by Crippen LogP contribution is -2.45. The Labute approximate surface area is 198 Å². The van der Waals surface area contributed by atoms with Gasteiger partial charge in [0, 0.05) is 43.3 Å². The molecule has 1 aliphatic heterocycles. The van der Waals surface area contributed by atoms with Gasteiger partial charge in [0.05, 0.1) is 24.5 Å². The van der Waals surface area contributed by atoms with Gasteiger partial charge in [0.25, 0.3) is 0 Å². The summed E-state index contributed by atoms with van der Waals surface area (Å²) in [6, 6.07) is 3.46. The molecule has 1 saturated carbocycles. The molecule has 2 heterocycles. The van der Waals surface area contributed by atoms with Gasteiger partial charge in [0.1, 0.15) is 5.82 Å². The number of ketones is 2. The van der Waals surface area contributed by atoms with Crippen molar-refractivity contribution in [2.24, 2.45) is 11.8 Å². The van der Waals surface area contributed by atoms with Crippen molar-refractivity contribution < 1.29 is 18.8 Å². The van der Waals surface area contributed by atoms with E-state index >= 15 is 0 Å². The molecule has 0 N–H and O–H groups in total. The maximum atomic E-state index is 14.7. The molecule has 3 atom stereocenters. The van der Waals surface area contributed by atoms with Gasteiger partial charge in [-0.25, -0.2) is 15.9 Å². The number of imidazole rings is 1. The number of aromatic nitrogens is 2. The molecule has 1 amide bonds. The number of hydrogen-bond donors (Lipinski definition) is 0. The second-order valence-electron chi connectivity index (χ2n) is 9.26. The Kier molecular flexibility index (Phi) is 7.20. The minimum Gasteiger partial charge on any atom is -0.332 e. The standard InChI is InChI=1S/C26H29FN4O3/c1-3-19(28-2)14-25(33)23-5-4-11-31(23)26(34)20(17-6-7-17)15-24(32)18-8-9-22(21(27)13-18)30-12-10-29-16-30/h8-10,12-13,16-17,19-20,23H,3-7,11,14-15H2,1H3. The molecule has 3 unspecified atom stereocenters. The average molecular weight is 465 g/mol. The minimum absolute atomic E-state index is 0.00438. The first-order valence-electron chi connectivity index (χ1n) is 11.9. The zero-order valence-corrected chi connectivity index (χ0v) is 19.3. The molecule has 7 nitrogen and oxygen atoms in total. The third-order valence-corrected chi connectivity index (χ3v) is 6.96. The quantitative estimate of drug-likeness (QED) is 0.389. The molecule has 178 valence electrons. The van der Waals surface area contributed by atoms with Crippen LogP contribution < -0.4 is 0 Å². The number of rotatable bonds is 10. The molecule has 2 aliphatic rings. The second-order valence-corrected chi connectivity index (χ2v) is 9.26. The van der Waals surface area contributed by atoms with Crippen LogP contribution in [-0.2, 0) is 9.59 Å². The number of Topliss-reactive ketones (excluding diaryl/α,β-unsaturated/α-hetero) is 2. The molecule has 0 spiro atoms. The van der Waals surface area contributed by atoms with Gasteiger partial charge < -0.3 is 14.3 Å². The molecular formula is C26H29FN4O3. The Morgan fingerprint density at radius 1 is 1.24 bits per heavy atom. The normalized spacial score (nSPS) is 19.4.